The Balaban J connectivity index is 1.55. The van der Waals surface area contributed by atoms with E-state index in [1.165, 1.54) is 28.5 Å². The molecule has 0 atom stereocenters. The van der Waals surface area contributed by atoms with Gasteiger partial charge in [0.05, 0.1) is 23.7 Å². The molecule has 0 spiro atoms. The van der Waals surface area contributed by atoms with Gasteiger partial charge in [-0.1, -0.05) is 60.3 Å². The second kappa shape index (κ2) is 11.5. The number of fused-ring (bicyclic) bond motifs is 1. The maximum absolute atomic E-state index is 13.8. The van der Waals surface area contributed by atoms with Gasteiger partial charge in [0.1, 0.15) is 11.6 Å². The van der Waals surface area contributed by atoms with Crippen LogP contribution in [0, 0.1) is 5.82 Å². The highest BCUT2D eigenvalue weighted by Gasteiger charge is 2.18. The summed E-state index contributed by atoms with van der Waals surface area (Å²) < 4.78 is 20.7. The van der Waals surface area contributed by atoms with Crippen LogP contribution >= 0.6 is 11.8 Å². The molecule has 1 amide bonds. The molecule has 0 N–H and O–H groups in total. The SMILES string of the molecule is COc1cccc(-n2c(SCc3cccc(F)c3)nc3cc(C(=O)N(C)Cc4ccccc4)ccc3c2=O)c1. The summed E-state index contributed by atoms with van der Waals surface area (Å²) in [6.45, 7) is 0.456. The minimum atomic E-state index is -0.326. The molecule has 0 unspecified atom stereocenters. The number of amides is 1. The molecule has 5 aromatic rings. The minimum Gasteiger partial charge on any atom is -0.497 e. The zero-order valence-electron chi connectivity index (χ0n) is 21.5. The summed E-state index contributed by atoms with van der Waals surface area (Å²) in [6, 6.07) is 28.2. The Morgan fingerprint density at radius 2 is 1.72 bits per heavy atom. The Hall–Kier alpha value is -4.43. The third-order valence-corrected chi connectivity index (χ3v) is 7.27. The minimum absolute atomic E-state index is 0.173. The van der Waals surface area contributed by atoms with Crippen molar-refractivity contribution in [3.8, 4) is 11.4 Å². The summed E-state index contributed by atoms with van der Waals surface area (Å²) >= 11 is 1.32. The number of aromatic nitrogens is 2. The Morgan fingerprint density at radius 3 is 2.49 bits per heavy atom. The van der Waals surface area contributed by atoms with Crippen molar-refractivity contribution in [2.75, 3.05) is 14.2 Å². The summed E-state index contributed by atoms with van der Waals surface area (Å²) in [6.07, 6.45) is 0. The first-order valence-electron chi connectivity index (χ1n) is 12.3. The molecule has 196 valence electrons. The molecule has 0 aliphatic heterocycles. The van der Waals surface area contributed by atoms with Gasteiger partial charge >= 0.3 is 0 Å². The molecular weight excluding hydrogens is 513 g/mol. The van der Waals surface area contributed by atoms with Crippen LogP contribution in [0.4, 0.5) is 4.39 Å². The number of ether oxygens (including phenoxy) is 1. The van der Waals surface area contributed by atoms with Gasteiger partial charge in [-0.25, -0.2) is 9.37 Å². The topological polar surface area (TPSA) is 64.4 Å². The maximum Gasteiger partial charge on any atom is 0.266 e. The molecule has 1 heterocycles. The van der Waals surface area contributed by atoms with Crippen LogP contribution in [0.2, 0.25) is 0 Å². The van der Waals surface area contributed by atoms with E-state index in [-0.39, 0.29) is 17.3 Å². The fourth-order valence-electron chi connectivity index (χ4n) is 4.30. The highest BCUT2D eigenvalue weighted by molar-refractivity contribution is 7.98. The molecule has 0 bridgehead atoms. The molecule has 5 rings (SSSR count). The quantitative estimate of drug-likeness (QED) is 0.176. The summed E-state index contributed by atoms with van der Waals surface area (Å²) in [5.74, 6) is 0.502. The van der Waals surface area contributed by atoms with E-state index in [0.717, 1.165) is 11.1 Å². The van der Waals surface area contributed by atoms with E-state index < -0.39 is 0 Å². The standard InChI is InChI=1S/C31H26FN3O3S/c1-34(19-21-8-4-3-5-9-21)29(36)23-14-15-27-28(17-23)33-31(39-20-22-10-6-11-24(32)16-22)35(30(27)37)25-12-7-13-26(18-25)38-2/h3-18H,19-20H2,1-2H3. The van der Waals surface area contributed by atoms with Gasteiger partial charge in [-0.2, -0.15) is 0 Å². The zero-order chi connectivity index (χ0) is 27.4. The number of carbonyl (C=O) groups excluding carboxylic acids is 1. The van der Waals surface area contributed by atoms with Crippen LogP contribution in [0.15, 0.2) is 107 Å². The van der Waals surface area contributed by atoms with Crippen molar-refractivity contribution in [1.29, 1.82) is 0 Å². The molecule has 1 aromatic heterocycles. The van der Waals surface area contributed by atoms with Gasteiger partial charge in [0.2, 0.25) is 0 Å². The number of halogens is 1. The van der Waals surface area contributed by atoms with Crippen molar-refractivity contribution >= 4 is 28.6 Å². The van der Waals surface area contributed by atoms with Crippen LogP contribution in [0.1, 0.15) is 21.5 Å². The third kappa shape index (κ3) is 5.86. The van der Waals surface area contributed by atoms with E-state index in [1.807, 2.05) is 36.4 Å². The van der Waals surface area contributed by atoms with Crippen LogP contribution in [0.5, 0.6) is 5.75 Å². The van der Waals surface area contributed by atoms with Gasteiger partial charge in [-0.15, -0.1) is 0 Å². The number of nitrogens with zero attached hydrogens (tertiary/aromatic N) is 3. The predicted molar refractivity (Wildman–Crippen MR) is 152 cm³/mol. The fraction of sp³-hybridized carbons (Fsp3) is 0.129. The van der Waals surface area contributed by atoms with Crippen LogP contribution in [-0.2, 0) is 12.3 Å². The van der Waals surface area contributed by atoms with E-state index in [2.05, 4.69) is 0 Å². The molecule has 6 nitrogen and oxygen atoms in total. The number of hydrogen-bond acceptors (Lipinski definition) is 5. The smallest absolute Gasteiger partial charge is 0.266 e. The predicted octanol–water partition coefficient (Wildman–Crippen LogP) is 6.10. The number of carbonyl (C=O) groups is 1. The molecule has 4 aromatic carbocycles. The number of rotatable bonds is 8. The number of benzene rings is 4. The Kier molecular flexibility index (Phi) is 7.74. The van der Waals surface area contributed by atoms with Gasteiger partial charge in [0, 0.05) is 31.0 Å². The molecule has 39 heavy (non-hydrogen) atoms. The van der Waals surface area contributed by atoms with Gasteiger partial charge in [0.15, 0.2) is 5.16 Å². The first kappa shape index (κ1) is 26.2. The van der Waals surface area contributed by atoms with Crippen molar-refractivity contribution < 1.29 is 13.9 Å². The molecule has 0 saturated heterocycles. The lowest BCUT2D eigenvalue weighted by molar-refractivity contribution is 0.0785. The van der Waals surface area contributed by atoms with Crippen molar-refractivity contribution in [1.82, 2.24) is 14.5 Å². The molecule has 0 aliphatic rings. The van der Waals surface area contributed by atoms with Crippen LogP contribution < -0.4 is 10.3 Å². The molecular formula is C31H26FN3O3S. The van der Waals surface area contributed by atoms with Crippen molar-refractivity contribution in [3.63, 3.8) is 0 Å². The number of methoxy groups -OCH3 is 1. The average molecular weight is 540 g/mol. The van der Waals surface area contributed by atoms with Crippen LogP contribution in [0.25, 0.3) is 16.6 Å². The third-order valence-electron chi connectivity index (χ3n) is 6.26. The molecule has 0 radical (unpaired) electrons. The van der Waals surface area contributed by atoms with E-state index >= 15 is 0 Å². The highest BCUT2D eigenvalue weighted by Crippen LogP contribution is 2.27. The van der Waals surface area contributed by atoms with Gasteiger partial charge in [0.25, 0.3) is 11.5 Å². The van der Waals surface area contributed by atoms with E-state index in [1.54, 1.807) is 67.6 Å². The average Bonchev–Trinajstić information content (AvgIpc) is 2.96. The maximum atomic E-state index is 13.8. The fourth-order valence-corrected chi connectivity index (χ4v) is 5.25. The van der Waals surface area contributed by atoms with Crippen molar-refractivity contribution in [3.05, 3.63) is 130 Å². The van der Waals surface area contributed by atoms with Crippen molar-refractivity contribution in [2.45, 2.75) is 17.5 Å². The lowest BCUT2D eigenvalue weighted by Gasteiger charge is -2.18. The number of thioether (sulfide) groups is 1. The summed E-state index contributed by atoms with van der Waals surface area (Å²) in [5.41, 5.74) is 2.96. The first-order valence-corrected chi connectivity index (χ1v) is 13.3. The highest BCUT2D eigenvalue weighted by atomic mass is 32.2. The van der Waals surface area contributed by atoms with Crippen LogP contribution in [-0.4, -0.2) is 34.5 Å². The molecule has 0 fully saturated rings. The van der Waals surface area contributed by atoms with E-state index in [4.69, 9.17) is 9.72 Å². The van der Waals surface area contributed by atoms with Crippen LogP contribution in [0.3, 0.4) is 0 Å². The normalized spacial score (nSPS) is 10.9. The summed E-state index contributed by atoms with van der Waals surface area (Å²) in [4.78, 5) is 33.5. The van der Waals surface area contributed by atoms with Gasteiger partial charge in [-0.05, 0) is 53.6 Å². The Morgan fingerprint density at radius 1 is 0.949 bits per heavy atom. The summed E-state index contributed by atoms with van der Waals surface area (Å²) in [5, 5.41) is 0.808. The van der Waals surface area contributed by atoms with Gasteiger partial charge < -0.3 is 9.64 Å². The largest absolute Gasteiger partial charge is 0.497 e. The number of hydrogen-bond donors (Lipinski definition) is 0. The second-order valence-electron chi connectivity index (χ2n) is 9.03. The Bertz CT molecular complexity index is 1710. The second-order valence-corrected chi connectivity index (χ2v) is 9.98. The molecule has 0 aliphatic carbocycles. The summed E-state index contributed by atoms with van der Waals surface area (Å²) in [7, 11) is 3.31. The molecule has 8 heteroatoms. The zero-order valence-corrected chi connectivity index (χ0v) is 22.3. The molecule has 0 saturated carbocycles. The van der Waals surface area contributed by atoms with Crippen molar-refractivity contribution in [2.24, 2.45) is 0 Å². The van der Waals surface area contributed by atoms with E-state index in [0.29, 0.717) is 45.4 Å². The Labute approximate surface area is 229 Å². The lowest BCUT2D eigenvalue weighted by Crippen LogP contribution is -2.26. The first-order chi connectivity index (χ1) is 18.9. The van der Waals surface area contributed by atoms with Gasteiger partial charge in [-0.3, -0.25) is 14.2 Å². The van der Waals surface area contributed by atoms with E-state index in [9.17, 15) is 14.0 Å². The monoisotopic (exact) mass is 539 g/mol. The lowest BCUT2D eigenvalue weighted by atomic mass is 10.1.